The van der Waals surface area contributed by atoms with E-state index < -0.39 is 5.41 Å². The number of rotatable bonds is 9. The Morgan fingerprint density at radius 1 is 0.198 bits per heavy atom. The monoisotopic (exact) mass is 1030 g/mol. The van der Waals surface area contributed by atoms with Crippen LogP contribution in [0.5, 0.6) is 0 Å². The van der Waals surface area contributed by atoms with Crippen LogP contribution in [0.1, 0.15) is 22.3 Å². The van der Waals surface area contributed by atoms with Crippen molar-refractivity contribution in [3.63, 3.8) is 0 Å². The van der Waals surface area contributed by atoms with E-state index in [1.165, 1.54) is 133 Å². The van der Waals surface area contributed by atoms with E-state index in [0.29, 0.717) is 0 Å². The molecule has 0 unspecified atom stereocenters. The van der Waals surface area contributed by atoms with Gasteiger partial charge in [0.15, 0.2) is 0 Å². The SMILES string of the molecule is c1ccc(-c2ccc(-n3c4ccccc4c4cc(-c5ccc6c(c5)c5ccccc5n6-c5ccc(-c6ccc(-c7cccc(-c8ccc(C9(c%10ccccc%10)c%10ccccc%10-c%10ccccc%109)cc8)c7)cc6)cc5)ccc43)cc2)cc1. The van der Waals surface area contributed by atoms with Crippen LogP contribution in [-0.4, -0.2) is 9.13 Å². The molecule has 13 aromatic carbocycles. The highest BCUT2D eigenvalue weighted by atomic mass is 15.0. The Balaban J connectivity index is 0.676. The van der Waals surface area contributed by atoms with Gasteiger partial charge >= 0.3 is 0 Å². The summed E-state index contributed by atoms with van der Waals surface area (Å²) < 4.78 is 4.81. The Labute approximate surface area is 471 Å². The molecule has 0 atom stereocenters. The van der Waals surface area contributed by atoms with Crippen molar-refractivity contribution >= 4 is 43.6 Å². The summed E-state index contributed by atoms with van der Waals surface area (Å²) in [6, 6.07) is 116. The molecule has 378 valence electrons. The van der Waals surface area contributed by atoms with E-state index in [1.54, 1.807) is 0 Å². The zero-order chi connectivity index (χ0) is 53.4. The predicted molar refractivity (Wildman–Crippen MR) is 340 cm³/mol. The maximum absolute atomic E-state index is 2.41. The van der Waals surface area contributed by atoms with Gasteiger partial charge in [-0.2, -0.15) is 0 Å². The van der Waals surface area contributed by atoms with Crippen molar-refractivity contribution in [3.8, 4) is 78.1 Å². The van der Waals surface area contributed by atoms with Crippen LogP contribution in [-0.2, 0) is 5.41 Å². The molecule has 1 aliphatic rings. The molecule has 0 aliphatic heterocycles. The molecule has 0 spiro atoms. The minimum atomic E-state index is -0.408. The standard InChI is InChI=1S/C79H52N2/c1-3-16-53(17-4-1)55-36-44-65(45-37-55)80-75-28-13-9-24-69(75)71-51-61(40-48-77(71)80)62-41-49-78-72(52-62)70-25-10-14-29-76(70)81(78)66-46-38-56(39-47-66)54-30-32-57(33-31-54)59-18-15-19-60(50-59)58-34-42-64(43-35-58)79(63-20-5-2-6-21-63)73-26-11-7-22-67(73)68-23-8-12-27-74(68)79/h1-52H. The van der Waals surface area contributed by atoms with Crippen molar-refractivity contribution < 1.29 is 0 Å². The first-order valence-electron chi connectivity index (χ1n) is 28.1. The van der Waals surface area contributed by atoms with E-state index in [-0.39, 0.29) is 0 Å². The normalized spacial score (nSPS) is 12.5. The molecule has 16 rings (SSSR count). The predicted octanol–water partition coefficient (Wildman–Crippen LogP) is 20.6. The molecule has 2 nitrogen and oxygen atoms in total. The van der Waals surface area contributed by atoms with Crippen molar-refractivity contribution in [2.75, 3.05) is 0 Å². The summed E-state index contributed by atoms with van der Waals surface area (Å²) in [7, 11) is 0. The van der Waals surface area contributed by atoms with Crippen molar-refractivity contribution in [3.05, 3.63) is 338 Å². The third-order valence-corrected chi connectivity index (χ3v) is 17.3. The fourth-order valence-electron chi connectivity index (χ4n) is 13.5. The third kappa shape index (κ3) is 7.49. The van der Waals surface area contributed by atoms with E-state index in [4.69, 9.17) is 0 Å². The Morgan fingerprint density at radius 2 is 0.519 bits per heavy atom. The third-order valence-electron chi connectivity index (χ3n) is 17.3. The van der Waals surface area contributed by atoms with Gasteiger partial charge in [0, 0.05) is 32.9 Å². The Morgan fingerprint density at radius 3 is 1.01 bits per heavy atom. The molecule has 2 heteroatoms. The smallest absolute Gasteiger partial charge is 0.0713 e. The molecular formula is C79H52N2. The van der Waals surface area contributed by atoms with Gasteiger partial charge in [-0.1, -0.05) is 249 Å². The summed E-state index contributed by atoms with van der Waals surface area (Å²) >= 11 is 0. The quantitative estimate of drug-likeness (QED) is 0.136. The lowest BCUT2D eigenvalue weighted by molar-refractivity contribution is 0.768. The second-order valence-electron chi connectivity index (χ2n) is 21.6. The van der Waals surface area contributed by atoms with Crippen LogP contribution >= 0.6 is 0 Å². The fraction of sp³-hybridized carbons (Fsp3) is 0.0127. The first-order chi connectivity index (χ1) is 40.2. The topological polar surface area (TPSA) is 9.86 Å². The largest absolute Gasteiger partial charge is 0.309 e. The van der Waals surface area contributed by atoms with Crippen LogP contribution in [0.25, 0.3) is 122 Å². The molecular weight excluding hydrogens is 977 g/mol. The van der Waals surface area contributed by atoms with Crippen LogP contribution in [0.15, 0.2) is 315 Å². The van der Waals surface area contributed by atoms with Gasteiger partial charge in [-0.05, 0) is 156 Å². The zero-order valence-electron chi connectivity index (χ0n) is 44.4. The van der Waals surface area contributed by atoms with E-state index in [2.05, 4.69) is 325 Å². The zero-order valence-corrected chi connectivity index (χ0v) is 44.4. The number of para-hydroxylation sites is 2. The summed E-state index contributed by atoms with van der Waals surface area (Å²) in [5.41, 5.74) is 26.5. The van der Waals surface area contributed by atoms with Crippen molar-refractivity contribution in [1.82, 2.24) is 9.13 Å². The molecule has 0 saturated heterocycles. The average molecular weight is 1030 g/mol. The first kappa shape index (κ1) is 46.5. The molecule has 0 bridgehead atoms. The molecule has 0 saturated carbocycles. The second kappa shape index (κ2) is 18.8. The number of benzene rings is 13. The molecule has 2 heterocycles. The summed E-state index contributed by atoms with van der Waals surface area (Å²) in [6.45, 7) is 0. The summed E-state index contributed by atoms with van der Waals surface area (Å²) in [6.07, 6.45) is 0. The van der Waals surface area contributed by atoms with Crippen LogP contribution in [0, 0.1) is 0 Å². The Bertz CT molecular complexity index is 4820. The summed E-state index contributed by atoms with van der Waals surface area (Å²) in [5, 5.41) is 4.97. The number of fused-ring (bicyclic) bond motifs is 9. The van der Waals surface area contributed by atoms with Crippen molar-refractivity contribution in [1.29, 1.82) is 0 Å². The van der Waals surface area contributed by atoms with Crippen LogP contribution in [0.4, 0.5) is 0 Å². The number of hydrogen-bond acceptors (Lipinski definition) is 0. The molecule has 0 amide bonds. The maximum Gasteiger partial charge on any atom is 0.0713 e. The first-order valence-corrected chi connectivity index (χ1v) is 28.1. The van der Waals surface area contributed by atoms with Gasteiger partial charge in [-0.15, -0.1) is 0 Å². The van der Waals surface area contributed by atoms with E-state index in [0.717, 1.165) is 11.4 Å². The molecule has 15 aromatic rings. The lowest BCUT2D eigenvalue weighted by atomic mass is 9.67. The molecule has 81 heavy (non-hydrogen) atoms. The number of nitrogens with zero attached hydrogens (tertiary/aromatic N) is 2. The number of hydrogen-bond donors (Lipinski definition) is 0. The van der Waals surface area contributed by atoms with Crippen molar-refractivity contribution in [2.24, 2.45) is 0 Å². The molecule has 0 radical (unpaired) electrons. The average Bonchev–Trinajstić information content (AvgIpc) is 4.38. The highest BCUT2D eigenvalue weighted by molar-refractivity contribution is 6.13. The van der Waals surface area contributed by atoms with Crippen molar-refractivity contribution in [2.45, 2.75) is 5.41 Å². The van der Waals surface area contributed by atoms with Gasteiger partial charge in [0.05, 0.1) is 27.5 Å². The lowest BCUT2D eigenvalue weighted by Gasteiger charge is -2.34. The Hall–Kier alpha value is -10.5. The lowest BCUT2D eigenvalue weighted by Crippen LogP contribution is -2.28. The minimum Gasteiger partial charge on any atom is -0.309 e. The molecule has 2 aromatic heterocycles. The van der Waals surface area contributed by atoms with Gasteiger partial charge in [0.2, 0.25) is 0 Å². The van der Waals surface area contributed by atoms with Gasteiger partial charge in [0.25, 0.3) is 0 Å². The van der Waals surface area contributed by atoms with Gasteiger partial charge < -0.3 is 9.13 Å². The maximum atomic E-state index is 2.41. The molecule has 0 fully saturated rings. The van der Waals surface area contributed by atoms with E-state index in [9.17, 15) is 0 Å². The summed E-state index contributed by atoms with van der Waals surface area (Å²) in [5.74, 6) is 0. The molecule has 0 N–H and O–H groups in total. The Kier molecular flexibility index (Phi) is 10.8. The van der Waals surface area contributed by atoms with Gasteiger partial charge in [-0.3, -0.25) is 0 Å². The van der Waals surface area contributed by atoms with Gasteiger partial charge in [0.1, 0.15) is 0 Å². The second-order valence-corrected chi connectivity index (χ2v) is 21.6. The van der Waals surface area contributed by atoms with Crippen LogP contribution in [0.2, 0.25) is 0 Å². The minimum absolute atomic E-state index is 0.408. The van der Waals surface area contributed by atoms with E-state index >= 15 is 0 Å². The highest BCUT2D eigenvalue weighted by Crippen LogP contribution is 2.56. The highest BCUT2D eigenvalue weighted by Gasteiger charge is 2.45. The van der Waals surface area contributed by atoms with Crippen LogP contribution in [0.3, 0.4) is 0 Å². The fourth-order valence-corrected chi connectivity index (χ4v) is 13.5. The summed E-state index contributed by atoms with van der Waals surface area (Å²) in [4.78, 5) is 0. The van der Waals surface area contributed by atoms with E-state index in [1.807, 2.05) is 0 Å². The van der Waals surface area contributed by atoms with Gasteiger partial charge in [-0.25, -0.2) is 0 Å². The van der Waals surface area contributed by atoms with Crippen LogP contribution < -0.4 is 0 Å². The number of aromatic nitrogens is 2. The molecule has 1 aliphatic carbocycles.